The largest absolute Gasteiger partial charge is 0.503 e. The standard InChI is InChI=1S/C27H36N6O3/c1-31(2)27(21-9-4-3-5-10-21)13-11-26(12-14-27)18-32(25(36)33(26)16-20-7-6-8-20)17-23(35)30-24-22(34)15-28-19-29-24/h3-5,9-10,15,19-20,34H,6-8,11-14,16-18H2,1-2H3,(H,28,29,30,35). The van der Waals surface area contributed by atoms with Crippen LogP contribution >= 0.6 is 0 Å². The lowest BCUT2D eigenvalue weighted by molar-refractivity contribution is -0.116. The first kappa shape index (κ1) is 24.5. The third-order valence-electron chi connectivity index (χ3n) is 8.69. The summed E-state index contributed by atoms with van der Waals surface area (Å²) in [5.74, 6) is 0.0295. The molecule has 1 aromatic carbocycles. The van der Waals surface area contributed by atoms with Crippen molar-refractivity contribution in [2.45, 2.75) is 56.0 Å². The van der Waals surface area contributed by atoms with Crippen LogP contribution in [0.25, 0.3) is 0 Å². The van der Waals surface area contributed by atoms with Crippen LogP contribution in [-0.4, -0.2) is 81.0 Å². The summed E-state index contributed by atoms with van der Waals surface area (Å²) in [6, 6.07) is 10.6. The Hall–Kier alpha value is -3.20. The normalized spacial score (nSPS) is 26.5. The van der Waals surface area contributed by atoms with Gasteiger partial charge in [0.25, 0.3) is 0 Å². The average molecular weight is 493 g/mol. The van der Waals surface area contributed by atoms with Crippen molar-refractivity contribution >= 4 is 17.8 Å². The fourth-order valence-electron chi connectivity index (χ4n) is 6.27. The van der Waals surface area contributed by atoms with Gasteiger partial charge in [0.2, 0.25) is 5.91 Å². The SMILES string of the molecule is CN(C)C1(c2ccccc2)CCC2(CC1)CN(CC(=O)Nc1ncncc1O)C(=O)N2CC1CCC1. The van der Waals surface area contributed by atoms with Crippen LogP contribution in [0.3, 0.4) is 0 Å². The number of nitrogens with one attached hydrogen (secondary N) is 1. The van der Waals surface area contributed by atoms with Crippen LogP contribution in [0.2, 0.25) is 0 Å². The Bertz CT molecular complexity index is 1100. The Morgan fingerprint density at radius 1 is 1.17 bits per heavy atom. The average Bonchev–Trinajstić information content (AvgIpc) is 3.08. The Morgan fingerprint density at radius 3 is 2.50 bits per heavy atom. The molecule has 0 bridgehead atoms. The predicted octanol–water partition coefficient (Wildman–Crippen LogP) is 3.43. The molecule has 5 rings (SSSR count). The molecular formula is C27H36N6O3. The van der Waals surface area contributed by atoms with Crippen LogP contribution < -0.4 is 5.32 Å². The molecule has 0 radical (unpaired) electrons. The van der Waals surface area contributed by atoms with E-state index in [1.54, 1.807) is 4.90 Å². The van der Waals surface area contributed by atoms with Crippen LogP contribution in [0.5, 0.6) is 5.75 Å². The second-order valence-corrected chi connectivity index (χ2v) is 10.9. The Morgan fingerprint density at radius 2 is 1.89 bits per heavy atom. The Kier molecular flexibility index (Phi) is 6.59. The van der Waals surface area contributed by atoms with E-state index >= 15 is 0 Å². The van der Waals surface area contributed by atoms with Crippen molar-refractivity contribution in [3.8, 4) is 5.75 Å². The van der Waals surface area contributed by atoms with Crippen LogP contribution in [0.4, 0.5) is 10.6 Å². The summed E-state index contributed by atoms with van der Waals surface area (Å²) in [6.45, 7) is 1.24. The van der Waals surface area contributed by atoms with Crippen LogP contribution in [0, 0.1) is 5.92 Å². The smallest absolute Gasteiger partial charge is 0.321 e. The van der Waals surface area contributed by atoms with Gasteiger partial charge in [-0.1, -0.05) is 36.8 Å². The molecule has 9 nitrogen and oxygen atoms in total. The van der Waals surface area contributed by atoms with E-state index in [0.29, 0.717) is 12.5 Å². The molecule has 2 saturated carbocycles. The van der Waals surface area contributed by atoms with Crippen molar-refractivity contribution in [3.63, 3.8) is 0 Å². The van der Waals surface area contributed by atoms with E-state index in [2.05, 4.69) is 69.5 Å². The maximum Gasteiger partial charge on any atom is 0.321 e. The lowest BCUT2D eigenvalue weighted by Crippen LogP contribution is -2.56. The lowest BCUT2D eigenvalue weighted by Gasteiger charge is -2.51. The molecule has 3 aliphatic rings. The summed E-state index contributed by atoms with van der Waals surface area (Å²) in [5.41, 5.74) is 0.992. The van der Waals surface area contributed by atoms with Gasteiger partial charge < -0.3 is 20.2 Å². The van der Waals surface area contributed by atoms with Crippen molar-refractivity contribution in [1.82, 2.24) is 24.7 Å². The number of rotatable bonds is 7. The highest BCUT2D eigenvalue weighted by Gasteiger charge is 2.55. The van der Waals surface area contributed by atoms with E-state index in [9.17, 15) is 14.7 Å². The molecular weight excluding hydrogens is 456 g/mol. The molecule has 1 saturated heterocycles. The molecule has 3 amide bonds. The number of nitrogens with zero attached hydrogens (tertiary/aromatic N) is 5. The van der Waals surface area contributed by atoms with E-state index in [1.807, 2.05) is 0 Å². The molecule has 1 aliphatic heterocycles. The highest BCUT2D eigenvalue weighted by molar-refractivity contribution is 5.95. The number of carbonyl (C=O) groups excluding carboxylic acids is 2. The molecule has 0 atom stereocenters. The maximum absolute atomic E-state index is 13.7. The number of urea groups is 1. The highest BCUT2D eigenvalue weighted by atomic mass is 16.3. The van der Waals surface area contributed by atoms with Gasteiger partial charge in [0, 0.05) is 18.6 Å². The van der Waals surface area contributed by atoms with Crippen molar-refractivity contribution in [2.75, 3.05) is 39.0 Å². The van der Waals surface area contributed by atoms with Crippen molar-refractivity contribution in [3.05, 3.63) is 48.4 Å². The van der Waals surface area contributed by atoms with E-state index in [1.165, 1.54) is 37.4 Å². The number of amides is 3. The minimum absolute atomic E-state index is 0.0546. The molecule has 2 aromatic rings. The first-order chi connectivity index (χ1) is 17.3. The molecule has 1 spiro atoms. The summed E-state index contributed by atoms with van der Waals surface area (Å²) < 4.78 is 0. The molecule has 2 heterocycles. The van der Waals surface area contributed by atoms with Gasteiger partial charge in [-0.05, 0) is 64.1 Å². The Balaban J connectivity index is 1.35. The molecule has 0 unspecified atom stereocenters. The summed E-state index contributed by atoms with van der Waals surface area (Å²) in [7, 11) is 4.30. The minimum atomic E-state index is -0.374. The first-order valence-corrected chi connectivity index (χ1v) is 12.9. The van der Waals surface area contributed by atoms with Crippen LogP contribution in [-0.2, 0) is 10.3 Å². The first-order valence-electron chi connectivity index (χ1n) is 12.9. The second kappa shape index (κ2) is 9.69. The van der Waals surface area contributed by atoms with Gasteiger partial charge in [-0.15, -0.1) is 0 Å². The van der Waals surface area contributed by atoms with Crippen LogP contribution in [0.1, 0.15) is 50.5 Å². The minimum Gasteiger partial charge on any atom is -0.503 e. The van der Waals surface area contributed by atoms with Crippen molar-refractivity contribution in [1.29, 1.82) is 0 Å². The van der Waals surface area contributed by atoms with Gasteiger partial charge >= 0.3 is 6.03 Å². The maximum atomic E-state index is 13.7. The summed E-state index contributed by atoms with van der Waals surface area (Å²) in [6.07, 6.45) is 9.74. The lowest BCUT2D eigenvalue weighted by atomic mass is 9.68. The second-order valence-electron chi connectivity index (χ2n) is 10.9. The number of benzene rings is 1. The molecule has 9 heteroatoms. The van der Waals surface area contributed by atoms with E-state index in [-0.39, 0.29) is 41.1 Å². The molecule has 2 N–H and O–H groups in total. The van der Waals surface area contributed by atoms with E-state index in [4.69, 9.17) is 0 Å². The van der Waals surface area contributed by atoms with Gasteiger partial charge in [0.05, 0.1) is 11.7 Å². The number of aromatic hydroxyl groups is 1. The highest BCUT2D eigenvalue weighted by Crippen LogP contribution is 2.49. The summed E-state index contributed by atoms with van der Waals surface area (Å²) >= 11 is 0. The third-order valence-corrected chi connectivity index (χ3v) is 8.69. The van der Waals surface area contributed by atoms with E-state index in [0.717, 1.165) is 32.2 Å². The number of anilines is 1. The Labute approximate surface area is 212 Å². The molecule has 2 aliphatic carbocycles. The van der Waals surface area contributed by atoms with Crippen LogP contribution in [0.15, 0.2) is 42.9 Å². The summed E-state index contributed by atoms with van der Waals surface area (Å²) in [4.78, 5) is 40.2. The fraction of sp³-hybridized carbons (Fsp3) is 0.556. The number of hydrogen-bond donors (Lipinski definition) is 2. The van der Waals surface area contributed by atoms with Gasteiger partial charge in [-0.2, -0.15) is 0 Å². The van der Waals surface area contributed by atoms with Gasteiger partial charge in [-0.3, -0.25) is 9.69 Å². The molecule has 36 heavy (non-hydrogen) atoms. The third kappa shape index (κ3) is 4.40. The predicted molar refractivity (Wildman–Crippen MR) is 136 cm³/mol. The van der Waals surface area contributed by atoms with Crippen molar-refractivity contribution < 1.29 is 14.7 Å². The van der Waals surface area contributed by atoms with Crippen molar-refractivity contribution in [2.24, 2.45) is 5.92 Å². The number of hydrogen-bond acceptors (Lipinski definition) is 6. The molecule has 1 aromatic heterocycles. The molecule has 192 valence electrons. The topological polar surface area (TPSA) is 102 Å². The van der Waals surface area contributed by atoms with Gasteiger partial charge in [0.1, 0.15) is 12.9 Å². The van der Waals surface area contributed by atoms with Gasteiger partial charge in [0.15, 0.2) is 11.6 Å². The molecule has 3 fully saturated rings. The zero-order valence-electron chi connectivity index (χ0n) is 21.2. The fourth-order valence-corrected chi connectivity index (χ4v) is 6.27. The number of aromatic nitrogens is 2. The van der Waals surface area contributed by atoms with E-state index < -0.39 is 0 Å². The summed E-state index contributed by atoms with van der Waals surface area (Å²) in [5, 5.41) is 12.5. The zero-order valence-corrected chi connectivity index (χ0v) is 21.2. The monoisotopic (exact) mass is 492 g/mol. The zero-order chi connectivity index (χ0) is 25.3. The number of carbonyl (C=O) groups is 2. The van der Waals surface area contributed by atoms with Gasteiger partial charge in [-0.25, -0.2) is 14.8 Å². The quantitative estimate of drug-likeness (QED) is 0.614.